The molecule has 114 valence electrons. The first-order chi connectivity index (χ1) is 10.9. The number of unbranched alkanes of at least 4 members (excludes halogenated alkanes) is 1. The molecule has 0 aromatic heterocycles. The maximum absolute atomic E-state index is 12.2. The van der Waals surface area contributed by atoms with Gasteiger partial charge < -0.3 is 9.47 Å². The van der Waals surface area contributed by atoms with E-state index in [1.165, 1.54) is 0 Å². The second kappa shape index (κ2) is 8.95. The number of hydrogen-bond acceptors (Lipinski definition) is 4. The molecule has 0 unspecified atom stereocenters. The summed E-state index contributed by atoms with van der Waals surface area (Å²) in [6, 6.07) is 8.59. The van der Waals surface area contributed by atoms with E-state index in [-0.39, 0.29) is 11.6 Å². The number of ether oxygens (including phenoxy) is 2. The minimum absolute atomic E-state index is 0.00486. The molecular formula is C17H22O4. The highest BCUT2D eigenvalue weighted by Gasteiger charge is 2.33. The van der Waals surface area contributed by atoms with Gasteiger partial charge in [-0.2, -0.15) is 0 Å². The number of benzene rings is 1. The maximum Gasteiger partial charge on any atom is 0.324 e. The van der Waals surface area contributed by atoms with Crippen LogP contribution in [0, 0.1) is 5.89 Å². The molecule has 21 heavy (non-hydrogen) atoms. The molecule has 0 saturated carbocycles. The van der Waals surface area contributed by atoms with Gasteiger partial charge in [-0.05, 0) is 17.6 Å². The first-order valence-corrected chi connectivity index (χ1v) is 6.85. The van der Waals surface area contributed by atoms with Crippen LogP contribution in [0.1, 0.15) is 34.5 Å². The molecule has 0 spiro atoms. The number of esters is 2. The largest absolute Gasteiger partial charge is 0.468 e. The lowest BCUT2D eigenvalue weighted by Gasteiger charge is -2.17. The van der Waals surface area contributed by atoms with Crippen LogP contribution in [0.25, 0.3) is 5.57 Å². The van der Waals surface area contributed by atoms with Gasteiger partial charge in [-0.1, -0.05) is 56.1 Å². The van der Waals surface area contributed by atoms with Crippen molar-refractivity contribution in [2.24, 2.45) is 5.89 Å². The molecule has 0 amide bonds. The van der Waals surface area contributed by atoms with Crippen molar-refractivity contribution in [1.82, 2.24) is 0 Å². The molecule has 0 heterocycles. The average molecular weight is 292 g/mol. The zero-order valence-electron chi connectivity index (χ0n) is 14.6. The monoisotopic (exact) mass is 292 g/mol. The standard InChI is InChI=1S/C17H22O4/c1-4-5-7-12-14(13-10-8-6-9-11-13)15(16(18)20-2)17(19)21-3/h6,8-12,15H,4-5,7H2,1-3H3/b14-12+/i12D,15D. The van der Waals surface area contributed by atoms with E-state index in [4.69, 9.17) is 2.74 Å². The van der Waals surface area contributed by atoms with Crippen molar-refractivity contribution in [1.29, 1.82) is 0 Å². The molecule has 0 radical (unpaired) electrons. The van der Waals surface area contributed by atoms with Gasteiger partial charge in [0.2, 0.25) is 0 Å². The van der Waals surface area contributed by atoms with Crippen LogP contribution in [-0.2, 0) is 19.1 Å². The molecule has 4 heteroatoms. The van der Waals surface area contributed by atoms with Gasteiger partial charge in [0.1, 0.15) is 0 Å². The van der Waals surface area contributed by atoms with Crippen LogP contribution >= 0.6 is 0 Å². The molecule has 0 fully saturated rings. The first kappa shape index (κ1) is 13.9. The summed E-state index contributed by atoms with van der Waals surface area (Å²) >= 11 is 0. The minimum atomic E-state index is -2.42. The fraction of sp³-hybridized carbons (Fsp3) is 0.412. The smallest absolute Gasteiger partial charge is 0.324 e. The summed E-state index contributed by atoms with van der Waals surface area (Å²) in [5, 5.41) is 0. The molecule has 1 rings (SSSR count). The van der Waals surface area contributed by atoms with Crippen molar-refractivity contribution in [2.75, 3.05) is 14.2 Å². The van der Waals surface area contributed by atoms with Crippen molar-refractivity contribution in [3.05, 3.63) is 41.9 Å². The fourth-order valence-corrected chi connectivity index (χ4v) is 1.82. The Morgan fingerprint density at radius 2 is 1.81 bits per heavy atom. The van der Waals surface area contributed by atoms with Gasteiger partial charge in [0.15, 0.2) is 5.89 Å². The van der Waals surface area contributed by atoms with Crippen molar-refractivity contribution < 1.29 is 21.8 Å². The van der Waals surface area contributed by atoms with Gasteiger partial charge in [-0.25, -0.2) is 0 Å². The molecular weight excluding hydrogens is 268 g/mol. The first-order valence-electron chi connectivity index (χ1n) is 7.85. The molecule has 0 saturated heterocycles. The molecule has 0 atom stereocenters. The lowest BCUT2D eigenvalue weighted by Crippen LogP contribution is -2.27. The summed E-state index contributed by atoms with van der Waals surface area (Å²) in [4.78, 5) is 24.4. The Bertz CT molecular complexity index is 566. The van der Waals surface area contributed by atoms with Crippen LogP contribution in [0.3, 0.4) is 0 Å². The summed E-state index contributed by atoms with van der Waals surface area (Å²) in [5.41, 5.74) is 0.463. The zero-order chi connectivity index (χ0) is 17.5. The summed E-state index contributed by atoms with van der Waals surface area (Å²) in [7, 11) is 2.21. The molecule has 0 N–H and O–H groups in total. The van der Waals surface area contributed by atoms with E-state index in [2.05, 4.69) is 9.47 Å². The second-order valence-corrected chi connectivity index (χ2v) is 4.38. The van der Waals surface area contributed by atoms with E-state index < -0.39 is 17.8 Å². The predicted octanol–water partition coefficient (Wildman–Crippen LogP) is 3.22. The molecule has 1 aromatic rings. The Balaban J connectivity index is 3.59. The summed E-state index contributed by atoms with van der Waals surface area (Å²) in [5.74, 6) is -4.55. The van der Waals surface area contributed by atoms with Gasteiger partial charge in [0.05, 0.1) is 17.0 Å². The Labute approximate surface area is 128 Å². The van der Waals surface area contributed by atoms with Crippen LogP contribution < -0.4 is 0 Å². The lowest BCUT2D eigenvalue weighted by atomic mass is 9.91. The topological polar surface area (TPSA) is 52.6 Å². The van der Waals surface area contributed by atoms with Crippen LogP contribution in [0.5, 0.6) is 0 Å². The highest BCUT2D eigenvalue weighted by molar-refractivity contribution is 6.06. The van der Waals surface area contributed by atoms with Crippen molar-refractivity contribution >= 4 is 17.5 Å². The third kappa shape index (κ3) is 4.74. The van der Waals surface area contributed by atoms with Gasteiger partial charge in [-0.15, -0.1) is 0 Å². The van der Waals surface area contributed by atoms with E-state index in [0.29, 0.717) is 18.4 Å². The van der Waals surface area contributed by atoms with Crippen molar-refractivity contribution in [2.45, 2.75) is 26.2 Å². The van der Waals surface area contributed by atoms with Gasteiger partial charge in [0.25, 0.3) is 0 Å². The molecule has 1 aromatic carbocycles. The number of hydrogen-bond donors (Lipinski definition) is 0. The quantitative estimate of drug-likeness (QED) is 0.572. The van der Waals surface area contributed by atoms with Crippen LogP contribution in [0.15, 0.2) is 36.4 Å². The van der Waals surface area contributed by atoms with Crippen LogP contribution in [-0.4, -0.2) is 26.2 Å². The number of carbonyl (C=O) groups excluding carboxylic acids is 2. The Morgan fingerprint density at radius 3 is 2.29 bits per heavy atom. The third-order valence-corrected chi connectivity index (χ3v) is 2.92. The second-order valence-electron chi connectivity index (χ2n) is 4.38. The number of methoxy groups -OCH3 is 2. The molecule has 0 aliphatic carbocycles. The number of allylic oxidation sites excluding steroid dienone is 1. The number of carbonyl (C=O) groups is 2. The molecule has 0 bridgehead atoms. The van der Waals surface area contributed by atoms with Crippen LogP contribution in [0.2, 0.25) is 0 Å². The Kier molecular flexibility index (Phi) is 5.91. The summed E-state index contributed by atoms with van der Waals surface area (Å²) in [6.45, 7) is 1.98. The minimum Gasteiger partial charge on any atom is -0.468 e. The van der Waals surface area contributed by atoms with E-state index in [9.17, 15) is 9.59 Å². The average Bonchev–Trinajstić information content (AvgIpc) is 2.59. The van der Waals surface area contributed by atoms with E-state index >= 15 is 0 Å². The van der Waals surface area contributed by atoms with Gasteiger partial charge in [0, 0.05) is 0 Å². The highest BCUT2D eigenvalue weighted by atomic mass is 16.5. The predicted molar refractivity (Wildman–Crippen MR) is 81.5 cm³/mol. The van der Waals surface area contributed by atoms with E-state index in [0.717, 1.165) is 20.6 Å². The van der Waals surface area contributed by atoms with E-state index in [1.807, 2.05) is 6.92 Å². The Hall–Kier alpha value is -2.10. The van der Waals surface area contributed by atoms with Crippen molar-refractivity contribution in [3.63, 3.8) is 0 Å². The van der Waals surface area contributed by atoms with Gasteiger partial charge in [-0.3, -0.25) is 9.59 Å². The highest BCUT2D eigenvalue weighted by Crippen LogP contribution is 2.27. The maximum atomic E-state index is 12.2. The summed E-state index contributed by atoms with van der Waals surface area (Å²) in [6.07, 6.45) is 1.93. The SMILES string of the molecule is [2H]/C(CCCC)=C(/c1ccccc1)C([2H])(C(=O)OC)C(=O)OC. The number of rotatable bonds is 7. The normalized spacial score (nSPS) is 13.7. The van der Waals surface area contributed by atoms with Crippen LogP contribution in [0.4, 0.5) is 0 Å². The lowest BCUT2D eigenvalue weighted by molar-refractivity contribution is -0.155. The van der Waals surface area contributed by atoms with Gasteiger partial charge >= 0.3 is 11.9 Å². The Morgan fingerprint density at radius 1 is 1.24 bits per heavy atom. The summed E-state index contributed by atoms with van der Waals surface area (Å²) < 4.78 is 26.1. The molecule has 4 nitrogen and oxygen atoms in total. The molecule has 0 aliphatic heterocycles. The zero-order valence-corrected chi connectivity index (χ0v) is 12.6. The molecule has 0 aliphatic rings. The van der Waals surface area contributed by atoms with Crippen molar-refractivity contribution in [3.8, 4) is 0 Å². The fourth-order valence-electron chi connectivity index (χ4n) is 1.82. The van der Waals surface area contributed by atoms with E-state index in [1.54, 1.807) is 30.3 Å². The third-order valence-electron chi connectivity index (χ3n) is 2.92.